The molecule has 0 fully saturated rings. The van der Waals surface area contributed by atoms with Crippen LogP contribution in [-0.2, 0) is 0 Å². The number of para-hydroxylation sites is 1. The van der Waals surface area contributed by atoms with Crippen LogP contribution in [0, 0.1) is 0 Å². The van der Waals surface area contributed by atoms with E-state index in [9.17, 15) is 0 Å². The molecule has 0 aliphatic rings. The van der Waals surface area contributed by atoms with Crippen molar-refractivity contribution in [1.29, 1.82) is 0 Å². The smallest absolute Gasteiger partial charge is 0.323 e. The summed E-state index contributed by atoms with van der Waals surface area (Å²) in [6.45, 7) is 0. The standard InChI is InChI=1S/C15H11Cl3N4O/c1-22(13-11(17)3-2-4-12(13)18)15-21-20-14(23-15)19-10-7-5-9(16)6-8-10/h2-8H,1H3,(H,19,20). The lowest BCUT2D eigenvalue weighted by molar-refractivity contribution is 0.574. The van der Waals surface area contributed by atoms with E-state index in [1.165, 1.54) is 0 Å². The maximum absolute atomic E-state index is 6.18. The van der Waals surface area contributed by atoms with E-state index in [2.05, 4.69) is 15.5 Å². The molecule has 0 saturated heterocycles. The van der Waals surface area contributed by atoms with Crippen LogP contribution in [0.15, 0.2) is 46.9 Å². The van der Waals surface area contributed by atoms with Crippen molar-refractivity contribution in [3.63, 3.8) is 0 Å². The Balaban J connectivity index is 1.82. The molecule has 0 atom stereocenters. The number of benzene rings is 2. The van der Waals surface area contributed by atoms with E-state index >= 15 is 0 Å². The molecule has 0 amide bonds. The van der Waals surface area contributed by atoms with Crippen LogP contribution in [0.25, 0.3) is 0 Å². The highest BCUT2D eigenvalue weighted by molar-refractivity contribution is 6.39. The molecule has 0 radical (unpaired) electrons. The fraction of sp³-hybridized carbons (Fsp3) is 0.0667. The van der Waals surface area contributed by atoms with Gasteiger partial charge in [-0.2, -0.15) is 0 Å². The summed E-state index contributed by atoms with van der Waals surface area (Å²) >= 11 is 18.2. The Morgan fingerprint density at radius 1 is 0.957 bits per heavy atom. The molecule has 1 aromatic heterocycles. The second-order valence-electron chi connectivity index (χ2n) is 4.65. The van der Waals surface area contributed by atoms with Gasteiger partial charge in [0.05, 0.1) is 15.7 Å². The number of nitrogens with one attached hydrogen (secondary N) is 1. The predicted molar refractivity (Wildman–Crippen MR) is 93.6 cm³/mol. The van der Waals surface area contributed by atoms with Crippen molar-refractivity contribution in [2.75, 3.05) is 17.3 Å². The number of anilines is 4. The Bertz CT molecular complexity index is 800. The SMILES string of the molecule is CN(c1nnc(Nc2ccc(Cl)cc2)o1)c1c(Cl)cccc1Cl. The summed E-state index contributed by atoms with van der Waals surface area (Å²) in [6, 6.07) is 12.9. The van der Waals surface area contributed by atoms with Crippen LogP contribution >= 0.6 is 34.8 Å². The summed E-state index contributed by atoms with van der Waals surface area (Å²) in [5, 5.41) is 12.6. The van der Waals surface area contributed by atoms with E-state index in [-0.39, 0.29) is 12.0 Å². The van der Waals surface area contributed by atoms with Gasteiger partial charge in [-0.25, -0.2) is 0 Å². The highest BCUT2D eigenvalue weighted by Crippen LogP contribution is 2.36. The lowest BCUT2D eigenvalue weighted by atomic mass is 10.3. The van der Waals surface area contributed by atoms with Crippen molar-refractivity contribution in [1.82, 2.24) is 10.2 Å². The topological polar surface area (TPSA) is 54.2 Å². The monoisotopic (exact) mass is 368 g/mol. The van der Waals surface area contributed by atoms with E-state index in [1.807, 2.05) is 0 Å². The number of halogens is 3. The van der Waals surface area contributed by atoms with Crippen LogP contribution < -0.4 is 10.2 Å². The largest absolute Gasteiger partial charge is 0.389 e. The molecule has 1 heterocycles. The Morgan fingerprint density at radius 2 is 1.61 bits per heavy atom. The number of hydrogen-bond acceptors (Lipinski definition) is 5. The summed E-state index contributed by atoms with van der Waals surface area (Å²) in [5.41, 5.74) is 1.38. The van der Waals surface area contributed by atoms with Gasteiger partial charge in [0.1, 0.15) is 0 Å². The number of aromatic nitrogens is 2. The first kappa shape index (κ1) is 15.9. The van der Waals surface area contributed by atoms with Gasteiger partial charge in [-0.3, -0.25) is 4.90 Å². The van der Waals surface area contributed by atoms with Gasteiger partial charge >= 0.3 is 12.0 Å². The van der Waals surface area contributed by atoms with E-state index in [0.717, 1.165) is 5.69 Å². The number of rotatable bonds is 4. The summed E-state index contributed by atoms with van der Waals surface area (Å²) in [5.74, 6) is 0. The van der Waals surface area contributed by atoms with Crippen molar-refractivity contribution < 1.29 is 4.42 Å². The molecular formula is C15H11Cl3N4O. The first-order valence-corrected chi connectivity index (χ1v) is 7.72. The minimum atomic E-state index is 0.248. The maximum atomic E-state index is 6.18. The van der Waals surface area contributed by atoms with Crippen molar-refractivity contribution in [3.05, 3.63) is 57.5 Å². The van der Waals surface area contributed by atoms with Gasteiger partial charge in [0.2, 0.25) is 0 Å². The highest BCUT2D eigenvalue weighted by atomic mass is 35.5. The molecule has 0 aliphatic carbocycles. The average molecular weight is 370 g/mol. The molecule has 23 heavy (non-hydrogen) atoms. The molecule has 1 N–H and O–H groups in total. The molecule has 3 aromatic rings. The molecule has 0 bridgehead atoms. The van der Waals surface area contributed by atoms with Crippen LogP contribution in [0.1, 0.15) is 0 Å². The first-order chi connectivity index (χ1) is 11.0. The Labute approximate surface area is 147 Å². The van der Waals surface area contributed by atoms with Gasteiger partial charge in [-0.05, 0) is 36.4 Å². The lowest BCUT2D eigenvalue weighted by Crippen LogP contribution is -2.11. The maximum Gasteiger partial charge on any atom is 0.323 e. The predicted octanol–water partition coefficient (Wildman–Crippen LogP) is 5.54. The zero-order valence-corrected chi connectivity index (χ0v) is 14.2. The minimum absolute atomic E-state index is 0.248. The summed E-state index contributed by atoms with van der Waals surface area (Å²) < 4.78 is 5.59. The van der Waals surface area contributed by atoms with Crippen LogP contribution in [0.3, 0.4) is 0 Å². The number of hydrogen-bond donors (Lipinski definition) is 1. The van der Waals surface area contributed by atoms with Crippen LogP contribution in [0.2, 0.25) is 15.1 Å². The molecule has 2 aromatic carbocycles. The molecule has 8 heteroatoms. The molecule has 5 nitrogen and oxygen atoms in total. The molecular weight excluding hydrogens is 359 g/mol. The number of nitrogens with zero attached hydrogens (tertiary/aromatic N) is 3. The second-order valence-corrected chi connectivity index (χ2v) is 5.90. The van der Waals surface area contributed by atoms with Gasteiger partial charge in [0.15, 0.2) is 0 Å². The second kappa shape index (κ2) is 6.66. The third-order valence-electron chi connectivity index (χ3n) is 3.07. The van der Waals surface area contributed by atoms with E-state index in [1.54, 1.807) is 54.4 Å². The van der Waals surface area contributed by atoms with Gasteiger partial charge in [-0.1, -0.05) is 51.1 Å². The minimum Gasteiger partial charge on any atom is -0.389 e. The molecule has 0 saturated carbocycles. The van der Waals surface area contributed by atoms with Crippen molar-refractivity contribution >= 4 is 58.2 Å². The molecule has 0 aliphatic heterocycles. The van der Waals surface area contributed by atoms with E-state index in [4.69, 9.17) is 39.2 Å². The lowest BCUT2D eigenvalue weighted by Gasteiger charge is -2.16. The van der Waals surface area contributed by atoms with E-state index < -0.39 is 0 Å². The quantitative estimate of drug-likeness (QED) is 0.654. The highest BCUT2D eigenvalue weighted by Gasteiger charge is 2.17. The van der Waals surface area contributed by atoms with Crippen LogP contribution in [-0.4, -0.2) is 17.2 Å². The summed E-state index contributed by atoms with van der Waals surface area (Å²) in [7, 11) is 1.74. The van der Waals surface area contributed by atoms with Gasteiger partial charge in [-0.15, -0.1) is 0 Å². The molecule has 0 unspecified atom stereocenters. The van der Waals surface area contributed by atoms with E-state index in [0.29, 0.717) is 20.8 Å². The van der Waals surface area contributed by atoms with Gasteiger partial charge in [0, 0.05) is 17.8 Å². The zero-order valence-electron chi connectivity index (χ0n) is 11.9. The molecule has 0 spiro atoms. The third kappa shape index (κ3) is 3.52. The Hall–Kier alpha value is -1.95. The van der Waals surface area contributed by atoms with Gasteiger partial charge < -0.3 is 9.73 Å². The third-order valence-corrected chi connectivity index (χ3v) is 3.93. The van der Waals surface area contributed by atoms with Crippen molar-refractivity contribution in [2.24, 2.45) is 0 Å². The summed E-state index contributed by atoms with van der Waals surface area (Å²) in [6.07, 6.45) is 0. The Morgan fingerprint density at radius 3 is 2.26 bits per heavy atom. The van der Waals surface area contributed by atoms with Crippen molar-refractivity contribution in [2.45, 2.75) is 0 Å². The fourth-order valence-corrected chi connectivity index (χ4v) is 2.74. The molecule has 118 valence electrons. The van der Waals surface area contributed by atoms with Crippen LogP contribution in [0.4, 0.5) is 23.4 Å². The zero-order chi connectivity index (χ0) is 16.4. The van der Waals surface area contributed by atoms with Gasteiger partial charge in [0.25, 0.3) is 0 Å². The first-order valence-electron chi connectivity index (χ1n) is 6.58. The molecule has 3 rings (SSSR count). The van der Waals surface area contributed by atoms with Crippen LogP contribution in [0.5, 0.6) is 0 Å². The fourth-order valence-electron chi connectivity index (χ4n) is 1.96. The average Bonchev–Trinajstić information content (AvgIpc) is 2.98. The normalized spacial score (nSPS) is 10.6. The Kier molecular flexibility index (Phi) is 4.61. The summed E-state index contributed by atoms with van der Waals surface area (Å²) in [4.78, 5) is 1.63. The van der Waals surface area contributed by atoms with Crippen molar-refractivity contribution in [3.8, 4) is 0 Å².